The van der Waals surface area contributed by atoms with Gasteiger partial charge in [0.1, 0.15) is 5.75 Å². The van der Waals surface area contributed by atoms with Crippen LogP contribution in [0, 0.1) is 0 Å². The molecule has 0 saturated heterocycles. The summed E-state index contributed by atoms with van der Waals surface area (Å²) in [6.45, 7) is 0.583. The smallest absolute Gasteiger partial charge is 0.252 e. The Hall–Kier alpha value is -1.85. The predicted molar refractivity (Wildman–Crippen MR) is 72.0 cm³/mol. The lowest BCUT2D eigenvalue weighted by Crippen LogP contribution is -2.52. The van der Waals surface area contributed by atoms with E-state index in [-0.39, 0.29) is 30.9 Å². The fourth-order valence-corrected chi connectivity index (χ4v) is 2.63. The molecule has 0 amide bonds. The number of aliphatic imine (C=N–C) groups is 1. The molecule has 108 valence electrons. The minimum atomic E-state index is -2.55. The van der Waals surface area contributed by atoms with E-state index in [0.717, 1.165) is 17.7 Å². The van der Waals surface area contributed by atoms with Crippen molar-refractivity contribution in [2.75, 3.05) is 6.61 Å². The first-order valence-corrected chi connectivity index (χ1v) is 6.73. The highest BCUT2D eigenvalue weighted by molar-refractivity contribution is 5.78. The van der Waals surface area contributed by atoms with Crippen molar-refractivity contribution in [1.82, 2.24) is 5.32 Å². The average molecular weight is 281 g/mol. The van der Waals surface area contributed by atoms with Gasteiger partial charge in [-0.15, -0.1) is 0 Å². The van der Waals surface area contributed by atoms with Crippen LogP contribution in [0.4, 0.5) is 8.78 Å². The Balaban J connectivity index is 1.67. The maximum Gasteiger partial charge on any atom is 0.252 e. The molecule has 1 fully saturated rings. The zero-order chi connectivity index (χ0) is 14.2. The Morgan fingerprint density at radius 2 is 2.10 bits per heavy atom. The van der Waals surface area contributed by atoms with Gasteiger partial charge >= 0.3 is 0 Å². The molecular formula is C14H17F2N3O. The zero-order valence-electron chi connectivity index (χ0n) is 11.0. The zero-order valence-corrected chi connectivity index (χ0v) is 11.0. The van der Waals surface area contributed by atoms with E-state index in [1.54, 1.807) is 0 Å². The molecule has 0 aromatic heterocycles. The average Bonchev–Trinajstić information content (AvgIpc) is 2.37. The summed E-state index contributed by atoms with van der Waals surface area (Å²) < 4.78 is 31.1. The second-order valence-corrected chi connectivity index (χ2v) is 5.31. The predicted octanol–water partition coefficient (Wildman–Crippen LogP) is 2.21. The van der Waals surface area contributed by atoms with E-state index in [0.29, 0.717) is 6.61 Å². The summed E-state index contributed by atoms with van der Waals surface area (Å²) in [4.78, 5) is 4.41. The Morgan fingerprint density at radius 3 is 2.85 bits per heavy atom. The number of hydrogen-bond donors (Lipinski definition) is 2. The number of nitrogens with zero attached hydrogens (tertiary/aromatic N) is 1. The van der Waals surface area contributed by atoms with E-state index in [4.69, 9.17) is 10.5 Å². The van der Waals surface area contributed by atoms with Crippen LogP contribution in [-0.4, -0.2) is 24.5 Å². The quantitative estimate of drug-likeness (QED) is 0.645. The molecule has 1 heterocycles. The van der Waals surface area contributed by atoms with Crippen LogP contribution in [0.3, 0.4) is 0 Å². The number of hydrogen-bond acceptors (Lipinski definition) is 2. The van der Waals surface area contributed by atoms with Gasteiger partial charge in [0, 0.05) is 30.9 Å². The van der Waals surface area contributed by atoms with E-state index < -0.39 is 5.92 Å². The molecule has 0 spiro atoms. The maximum atomic E-state index is 12.8. The van der Waals surface area contributed by atoms with Gasteiger partial charge in [0.25, 0.3) is 5.92 Å². The number of para-hydroxylation sites is 1. The topological polar surface area (TPSA) is 59.6 Å². The molecule has 0 bridgehead atoms. The van der Waals surface area contributed by atoms with E-state index in [9.17, 15) is 8.78 Å². The fourth-order valence-electron chi connectivity index (χ4n) is 2.63. The number of nitrogens with one attached hydrogen (secondary N) is 1. The third-order valence-electron chi connectivity index (χ3n) is 3.66. The number of nitrogens with two attached hydrogens (primary N) is 1. The van der Waals surface area contributed by atoms with Crippen LogP contribution in [0.15, 0.2) is 29.3 Å². The number of alkyl halides is 2. The molecule has 2 aliphatic rings. The molecule has 3 rings (SSSR count). The lowest BCUT2D eigenvalue weighted by molar-refractivity contribution is -0.0886. The maximum absolute atomic E-state index is 12.8. The third kappa shape index (κ3) is 2.69. The highest BCUT2D eigenvalue weighted by atomic mass is 19.3. The van der Waals surface area contributed by atoms with Crippen molar-refractivity contribution in [3.05, 3.63) is 29.8 Å². The molecule has 20 heavy (non-hydrogen) atoms. The molecule has 1 aromatic carbocycles. The molecule has 6 heteroatoms. The van der Waals surface area contributed by atoms with Gasteiger partial charge in [-0.3, -0.25) is 0 Å². The van der Waals surface area contributed by atoms with Crippen molar-refractivity contribution in [2.24, 2.45) is 10.7 Å². The molecule has 3 N–H and O–H groups in total. The summed E-state index contributed by atoms with van der Waals surface area (Å²) in [5.41, 5.74) is 6.80. The van der Waals surface area contributed by atoms with Gasteiger partial charge in [0.2, 0.25) is 0 Å². The lowest BCUT2D eigenvalue weighted by atomic mass is 9.88. The number of fused-ring (bicyclic) bond motifs is 1. The van der Waals surface area contributed by atoms with E-state index in [1.807, 2.05) is 24.3 Å². The summed E-state index contributed by atoms with van der Waals surface area (Å²) in [6, 6.07) is 7.33. The van der Waals surface area contributed by atoms with E-state index >= 15 is 0 Å². The normalized spacial score (nSPS) is 25.3. The van der Waals surface area contributed by atoms with Crippen LogP contribution in [0.1, 0.15) is 30.9 Å². The van der Waals surface area contributed by atoms with Crippen LogP contribution >= 0.6 is 0 Å². The monoisotopic (exact) mass is 281 g/mol. The largest absolute Gasteiger partial charge is 0.493 e. The van der Waals surface area contributed by atoms with Crippen LogP contribution in [0.25, 0.3) is 0 Å². The number of halogens is 2. The summed E-state index contributed by atoms with van der Waals surface area (Å²) >= 11 is 0. The summed E-state index contributed by atoms with van der Waals surface area (Å²) in [5, 5.41) is 2.86. The molecule has 1 unspecified atom stereocenters. The van der Waals surface area contributed by atoms with Crippen molar-refractivity contribution in [3.63, 3.8) is 0 Å². The number of benzene rings is 1. The summed E-state index contributed by atoms with van der Waals surface area (Å²) in [6.07, 6.45) is 0.390. The van der Waals surface area contributed by atoms with Crippen LogP contribution < -0.4 is 15.8 Å². The first kappa shape index (κ1) is 13.1. The van der Waals surface area contributed by atoms with Crippen LogP contribution in [0.2, 0.25) is 0 Å². The number of rotatable bonds is 2. The Kier molecular flexibility index (Phi) is 3.23. The van der Waals surface area contributed by atoms with Gasteiger partial charge in [-0.25, -0.2) is 13.8 Å². The first-order valence-electron chi connectivity index (χ1n) is 6.73. The Bertz CT molecular complexity index is 525. The number of ether oxygens (including phenoxy) is 1. The second-order valence-electron chi connectivity index (χ2n) is 5.31. The summed E-state index contributed by atoms with van der Waals surface area (Å²) in [7, 11) is 0. The lowest BCUT2D eigenvalue weighted by Gasteiger charge is -2.35. The van der Waals surface area contributed by atoms with Gasteiger partial charge in [-0.1, -0.05) is 18.2 Å². The minimum Gasteiger partial charge on any atom is -0.493 e. The highest BCUT2D eigenvalue weighted by Gasteiger charge is 2.45. The molecule has 0 radical (unpaired) electrons. The molecule has 1 aliphatic heterocycles. The molecule has 1 aromatic rings. The second kappa shape index (κ2) is 4.92. The van der Waals surface area contributed by atoms with E-state index in [2.05, 4.69) is 10.3 Å². The first-order chi connectivity index (χ1) is 9.53. The molecule has 1 aliphatic carbocycles. The number of guanidine groups is 1. The molecule has 1 atom stereocenters. The molecule has 4 nitrogen and oxygen atoms in total. The molecule has 1 saturated carbocycles. The standard InChI is InChI=1S/C14H17F2N3O/c15-14(16)7-9(8-14)18-13(17)19-11-5-6-20-12-4-2-1-3-10(11)12/h1-4,9,11H,5-8H2,(H3,17,18,19). The van der Waals surface area contributed by atoms with Crippen LogP contribution in [0.5, 0.6) is 5.75 Å². The van der Waals surface area contributed by atoms with Gasteiger partial charge in [-0.2, -0.15) is 0 Å². The van der Waals surface area contributed by atoms with Crippen LogP contribution in [-0.2, 0) is 0 Å². The van der Waals surface area contributed by atoms with Gasteiger partial charge < -0.3 is 15.8 Å². The SMILES string of the molecule is NC(=NC1CCOc2ccccc21)NC1CC(F)(F)C1. The minimum absolute atomic E-state index is 0.0759. The fraction of sp³-hybridized carbons (Fsp3) is 0.500. The summed E-state index contributed by atoms with van der Waals surface area (Å²) in [5.74, 6) is -1.51. The van der Waals surface area contributed by atoms with Crippen molar-refractivity contribution in [1.29, 1.82) is 0 Å². The Labute approximate surface area is 116 Å². The van der Waals surface area contributed by atoms with Crippen molar-refractivity contribution < 1.29 is 13.5 Å². The van der Waals surface area contributed by atoms with Gasteiger partial charge in [0.15, 0.2) is 5.96 Å². The Morgan fingerprint density at radius 1 is 1.35 bits per heavy atom. The highest BCUT2D eigenvalue weighted by Crippen LogP contribution is 2.37. The van der Waals surface area contributed by atoms with Crippen molar-refractivity contribution in [2.45, 2.75) is 37.3 Å². The van der Waals surface area contributed by atoms with Crippen molar-refractivity contribution in [3.8, 4) is 5.75 Å². The van der Waals surface area contributed by atoms with Gasteiger partial charge in [0.05, 0.1) is 12.6 Å². The van der Waals surface area contributed by atoms with E-state index in [1.165, 1.54) is 0 Å². The molecular weight excluding hydrogens is 264 g/mol. The van der Waals surface area contributed by atoms with Gasteiger partial charge in [-0.05, 0) is 6.07 Å². The van der Waals surface area contributed by atoms with Crippen molar-refractivity contribution >= 4 is 5.96 Å². The third-order valence-corrected chi connectivity index (χ3v) is 3.66.